The molecule has 1 unspecified atom stereocenters. The van der Waals surface area contributed by atoms with Crippen molar-refractivity contribution in [3.63, 3.8) is 0 Å². The summed E-state index contributed by atoms with van der Waals surface area (Å²) in [7, 11) is 0. The van der Waals surface area contributed by atoms with Crippen LogP contribution < -0.4 is 11.1 Å². The molecular weight excluding hydrogens is 264 g/mol. The fourth-order valence-electron chi connectivity index (χ4n) is 2.02. The van der Waals surface area contributed by atoms with Gasteiger partial charge in [-0.2, -0.15) is 0 Å². The highest BCUT2D eigenvalue weighted by molar-refractivity contribution is 5.92. The van der Waals surface area contributed by atoms with Crippen molar-refractivity contribution in [1.82, 2.24) is 5.32 Å². The average Bonchev–Trinajstić information content (AvgIpc) is 2.97. The third-order valence-electron chi connectivity index (χ3n) is 3.36. The SMILES string of the molecule is CCc1ccc(-c2ccc(C(=O)NCCC(C)N)o2)cc1. The fraction of sp³-hybridized carbons (Fsp3) is 0.353. The van der Waals surface area contributed by atoms with Crippen LogP contribution in [0, 0.1) is 0 Å². The van der Waals surface area contributed by atoms with Crippen LogP contribution in [0.15, 0.2) is 40.8 Å². The summed E-state index contributed by atoms with van der Waals surface area (Å²) in [4.78, 5) is 11.9. The number of rotatable bonds is 6. The molecule has 21 heavy (non-hydrogen) atoms. The second-order valence-electron chi connectivity index (χ2n) is 5.24. The maximum absolute atomic E-state index is 11.9. The Bertz CT molecular complexity index is 585. The monoisotopic (exact) mass is 286 g/mol. The molecule has 2 aromatic rings. The topological polar surface area (TPSA) is 68.3 Å². The molecule has 1 amide bonds. The van der Waals surface area contributed by atoms with E-state index in [1.807, 2.05) is 25.1 Å². The lowest BCUT2D eigenvalue weighted by Crippen LogP contribution is -2.28. The first-order chi connectivity index (χ1) is 10.1. The maximum Gasteiger partial charge on any atom is 0.287 e. The predicted octanol–water partition coefficient (Wildman–Crippen LogP) is 2.98. The van der Waals surface area contributed by atoms with Crippen molar-refractivity contribution >= 4 is 5.91 Å². The van der Waals surface area contributed by atoms with Gasteiger partial charge in [0.25, 0.3) is 5.91 Å². The van der Waals surface area contributed by atoms with Gasteiger partial charge in [0, 0.05) is 18.2 Å². The van der Waals surface area contributed by atoms with E-state index in [4.69, 9.17) is 10.2 Å². The first-order valence-corrected chi connectivity index (χ1v) is 7.33. The van der Waals surface area contributed by atoms with Crippen molar-refractivity contribution in [2.24, 2.45) is 5.73 Å². The summed E-state index contributed by atoms with van der Waals surface area (Å²) in [6.45, 7) is 4.58. The van der Waals surface area contributed by atoms with Crippen LogP contribution in [0.4, 0.5) is 0 Å². The van der Waals surface area contributed by atoms with E-state index in [1.54, 1.807) is 6.07 Å². The molecule has 0 spiro atoms. The van der Waals surface area contributed by atoms with Gasteiger partial charge in [0.05, 0.1) is 0 Å². The molecule has 4 heteroatoms. The molecule has 0 radical (unpaired) electrons. The third-order valence-corrected chi connectivity index (χ3v) is 3.36. The molecule has 0 saturated carbocycles. The molecule has 1 atom stereocenters. The summed E-state index contributed by atoms with van der Waals surface area (Å²) in [5.41, 5.74) is 7.90. The van der Waals surface area contributed by atoms with Crippen molar-refractivity contribution in [3.05, 3.63) is 47.7 Å². The van der Waals surface area contributed by atoms with Crippen LogP contribution in [-0.4, -0.2) is 18.5 Å². The highest BCUT2D eigenvalue weighted by atomic mass is 16.3. The molecule has 1 aromatic carbocycles. The van der Waals surface area contributed by atoms with Crippen LogP contribution in [0.2, 0.25) is 0 Å². The Morgan fingerprint density at radius 2 is 1.95 bits per heavy atom. The zero-order valence-electron chi connectivity index (χ0n) is 12.6. The lowest BCUT2D eigenvalue weighted by atomic mass is 10.1. The number of nitrogens with one attached hydrogen (secondary N) is 1. The van der Waals surface area contributed by atoms with E-state index in [-0.39, 0.29) is 11.9 Å². The number of benzene rings is 1. The Balaban J connectivity index is 2.01. The second-order valence-corrected chi connectivity index (χ2v) is 5.24. The number of aryl methyl sites for hydroxylation is 1. The molecule has 0 aliphatic heterocycles. The molecule has 0 bridgehead atoms. The van der Waals surface area contributed by atoms with E-state index < -0.39 is 0 Å². The lowest BCUT2D eigenvalue weighted by Gasteiger charge is -2.05. The molecule has 1 heterocycles. The molecule has 1 aromatic heterocycles. The number of nitrogens with two attached hydrogens (primary N) is 1. The van der Waals surface area contributed by atoms with E-state index in [0.29, 0.717) is 18.1 Å². The number of carbonyl (C=O) groups excluding carboxylic acids is 1. The van der Waals surface area contributed by atoms with E-state index in [0.717, 1.165) is 18.4 Å². The average molecular weight is 286 g/mol. The van der Waals surface area contributed by atoms with Gasteiger partial charge < -0.3 is 15.5 Å². The standard InChI is InChI=1S/C17H22N2O2/c1-3-13-4-6-14(7-5-13)15-8-9-16(21-15)17(20)19-11-10-12(2)18/h4-9,12H,3,10-11,18H2,1-2H3,(H,19,20). The van der Waals surface area contributed by atoms with Gasteiger partial charge in [0.2, 0.25) is 0 Å². The minimum Gasteiger partial charge on any atom is -0.451 e. The molecule has 2 rings (SSSR count). The smallest absolute Gasteiger partial charge is 0.287 e. The van der Waals surface area contributed by atoms with Crippen molar-refractivity contribution in [2.45, 2.75) is 32.7 Å². The van der Waals surface area contributed by atoms with E-state index >= 15 is 0 Å². The van der Waals surface area contributed by atoms with Crippen LogP contribution >= 0.6 is 0 Å². The Kier molecular flexibility index (Phi) is 5.17. The van der Waals surface area contributed by atoms with Crippen LogP contribution in [0.25, 0.3) is 11.3 Å². The van der Waals surface area contributed by atoms with Crippen molar-refractivity contribution in [3.8, 4) is 11.3 Å². The zero-order chi connectivity index (χ0) is 15.2. The minimum atomic E-state index is -0.202. The molecule has 3 N–H and O–H groups in total. The van der Waals surface area contributed by atoms with Crippen LogP contribution in [0.5, 0.6) is 0 Å². The highest BCUT2D eigenvalue weighted by Gasteiger charge is 2.11. The number of amides is 1. The number of hydrogen-bond acceptors (Lipinski definition) is 3. The van der Waals surface area contributed by atoms with Gasteiger partial charge in [0.15, 0.2) is 5.76 Å². The summed E-state index contributed by atoms with van der Waals surface area (Å²) < 4.78 is 5.62. The summed E-state index contributed by atoms with van der Waals surface area (Å²) in [5, 5.41) is 2.80. The first kappa shape index (κ1) is 15.3. The zero-order valence-corrected chi connectivity index (χ0v) is 12.6. The van der Waals surface area contributed by atoms with Gasteiger partial charge >= 0.3 is 0 Å². The molecule has 112 valence electrons. The van der Waals surface area contributed by atoms with Crippen LogP contribution in [0.3, 0.4) is 0 Å². The summed E-state index contributed by atoms with van der Waals surface area (Å²) in [6, 6.07) is 11.8. The van der Waals surface area contributed by atoms with Gasteiger partial charge in [-0.3, -0.25) is 4.79 Å². The Hall–Kier alpha value is -2.07. The number of carbonyl (C=O) groups is 1. The van der Waals surface area contributed by atoms with Crippen molar-refractivity contribution in [2.75, 3.05) is 6.54 Å². The van der Waals surface area contributed by atoms with Gasteiger partial charge in [0.1, 0.15) is 5.76 Å². The van der Waals surface area contributed by atoms with E-state index in [2.05, 4.69) is 24.4 Å². The van der Waals surface area contributed by atoms with E-state index in [9.17, 15) is 4.79 Å². The quantitative estimate of drug-likeness (QED) is 0.857. The van der Waals surface area contributed by atoms with Gasteiger partial charge in [-0.15, -0.1) is 0 Å². The molecule has 0 aliphatic rings. The fourth-order valence-corrected chi connectivity index (χ4v) is 2.02. The molecule has 0 saturated heterocycles. The third kappa shape index (κ3) is 4.20. The first-order valence-electron chi connectivity index (χ1n) is 7.33. The molecule has 4 nitrogen and oxygen atoms in total. The van der Waals surface area contributed by atoms with Crippen molar-refractivity contribution < 1.29 is 9.21 Å². The second kappa shape index (κ2) is 7.09. The summed E-state index contributed by atoms with van der Waals surface area (Å²) in [5.74, 6) is 0.830. The normalized spacial score (nSPS) is 12.1. The molecule has 0 fully saturated rings. The highest BCUT2D eigenvalue weighted by Crippen LogP contribution is 2.22. The maximum atomic E-state index is 11.9. The molecular formula is C17H22N2O2. The van der Waals surface area contributed by atoms with Crippen LogP contribution in [-0.2, 0) is 6.42 Å². The van der Waals surface area contributed by atoms with Gasteiger partial charge in [-0.1, -0.05) is 31.2 Å². The summed E-state index contributed by atoms with van der Waals surface area (Å²) >= 11 is 0. The van der Waals surface area contributed by atoms with Crippen LogP contribution in [0.1, 0.15) is 36.4 Å². The Morgan fingerprint density at radius 3 is 2.57 bits per heavy atom. The van der Waals surface area contributed by atoms with Gasteiger partial charge in [-0.25, -0.2) is 0 Å². The Morgan fingerprint density at radius 1 is 1.24 bits per heavy atom. The lowest BCUT2D eigenvalue weighted by molar-refractivity contribution is 0.0926. The number of furan rings is 1. The summed E-state index contributed by atoms with van der Waals surface area (Å²) in [6.07, 6.45) is 1.75. The number of hydrogen-bond donors (Lipinski definition) is 2. The van der Waals surface area contributed by atoms with Crippen molar-refractivity contribution in [1.29, 1.82) is 0 Å². The predicted molar refractivity (Wildman–Crippen MR) is 84.1 cm³/mol. The minimum absolute atomic E-state index is 0.0783. The molecule has 0 aliphatic carbocycles. The Labute approximate surface area is 125 Å². The largest absolute Gasteiger partial charge is 0.451 e. The van der Waals surface area contributed by atoms with E-state index in [1.165, 1.54) is 5.56 Å². The van der Waals surface area contributed by atoms with Gasteiger partial charge in [-0.05, 0) is 37.5 Å².